The molecule has 2 heterocycles. The SMILES string of the molecule is Cc1noc(C)c1C(=O)NC1CCC(Nc2cc(C(F)(F)F)nc3ccccc23)CC1. The Kier molecular flexibility index (Phi) is 5.60. The van der Waals surface area contributed by atoms with E-state index in [2.05, 4.69) is 20.8 Å². The second kappa shape index (κ2) is 8.20. The fraction of sp³-hybridized carbons (Fsp3) is 0.409. The first-order chi connectivity index (χ1) is 14.7. The van der Waals surface area contributed by atoms with Gasteiger partial charge in [-0.25, -0.2) is 4.98 Å². The minimum absolute atomic E-state index is 0.000768. The molecule has 0 aliphatic heterocycles. The third-order valence-corrected chi connectivity index (χ3v) is 5.69. The maximum absolute atomic E-state index is 13.3. The molecule has 6 nitrogen and oxygen atoms in total. The maximum Gasteiger partial charge on any atom is 0.433 e. The number of hydrogen-bond acceptors (Lipinski definition) is 5. The fourth-order valence-corrected chi connectivity index (χ4v) is 4.11. The minimum Gasteiger partial charge on any atom is -0.382 e. The number of nitrogens with zero attached hydrogens (tertiary/aromatic N) is 2. The smallest absolute Gasteiger partial charge is 0.382 e. The quantitative estimate of drug-likeness (QED) is 0.606. The van der Waals surface area contributed by atoms with Gasteiger partial charge in [0, 0.05) is 23.2 Å². The molecular formula is C22H23F3N4O2. The number of amides is 1. The number of benzene rings is 1. The van der Waals surface area contributed by atoms with E-state index in [9.17, 15) is 18.0 Å². The van der Waals surface area contributed by atoms with Crippen LogP contribution in [0.2, 0.25) is 0 Å². The summed E-state index contributed by atoms with van der Waals surface area (Å²) in [5.74, 6) is 0.276. The van der Waals surface area contributed by atoms with Gasteiger partial charge in [-0.2, -0.15) is 13.2 Å². The number of nitrogens with one attached hydrogen (secondary N) is 2. The van der Waals surface area contributed by atoms with Crippen molar-refractivity contribution in [3.8, 4) is 0 Å². The lowest BCUT2D eigenvalue weighted by molar-refractivity contribution is -0.140. The molecule has 0 unspecified atom stereocenters. The van der Waals surface area contributed by atoms with Gasteiger partial charge in [-0.1, -0.05) is 23.4 Å². The van der Waals surface area contributed by atoms with Gasteiger partial charge < -0.3 is 15.2 Å². The summed E-state index contributed by atoms with van der Waals surface area (Å²) in [7, 11) is 0. The summed E-state index contributed by atoms with van der Waals surface area (Å²) < 4.78 is 44.9. The highest BCUT2D eigenvalue weighted by atomic mass is 19.4. The summed E-state index contributed by atoms with van der Waals surface area (Å²) in [6.45, 7) is 3.42. The van der Waals surface area contributed by atoms with Crippen molar-refractivity contribution >= 4 is 22.5 Å². The van der Waals surface area contributed by atoms with Crippen molar-refractivity contribution in [2.24, 2.45) is 0 Å². The highest BCUT2D eigenvalue weighted by Gasteiger charge is 2.34. The average Bonchev–Trinajstić information content (AvgIpc) is 3.07. The van der Waals surface area contributed by atoms with Crippen LogP contribution in [0.15, 0.2) is 34.9 Å². The molecule has 3 aromatic rings. The van der Waals surface area contributed by atoms with Gasteiger partial charge in [0.25, 0.3) is 5.91 Å². The standard InChI is InChI=1S/C22H23F3N4O2/c1-12-20(13(2)31-29-12)21(30)27-15-9-7-14(8-10-15)26-18-11-19(22(23,24)25)28-17-6-4-3-5-16(17)18/h3-6,11,14-15H,7-10H2,1-2H3,(H,26,28)(H,27,30). The van der Waals surface area contributed by atoms with Crippen molar-refractivity contribution in [3.05, 3.63) is 53.0 Å². The Morgan fingerprint density at radius 2 is 1.77 bits per heavy atom. The lowest BCUT2D eigenvalue weighted by Gasteiger charge is -2.30. The largest absolute Gasteiger partial charge is 0.433 e. The first kappa shape index (κ1) is 21.1. The molecule has 2 aromatic heterocycles. The van der Waals surface area contributed by atoms with Crippen LogP contribution in [-0.2, 0) is 6.18 Å². The highest BCUT2D eigenvalue weighted by Crippen LogP contribution is 2.34. The Labute approximate surface area is 177 Å². The van der Waals surface area contributed by atoms with Crippen LogP contribution in [0.3, 0.4) is 0 Å². The molecule has 1 saturated carbocycles. The van der Waals surface area contributed by atoms with Crippen molar-refractivity contribution in [2.45, 2.75) is 57.8 Å². The molecule has 31 heavy (non-hydrogen) atoms. The van der Waals surface area contributed by atoms with Gasteiger partial charge >= 0.3 is 6.18 Å². The van der Waals surface area contributed by atoms with Crippen molar-refractivity contribution in [2.75, 3.05) is 5.32 Å². The number of anilines is 1. The molecule has 164 valence electrons. The number of aryl methyl sites for hydroxylation is 2. The van der Waals surface area contributed by atoms with Gasteiger partial charge in [0.1, 0.15) is 17.0 Å². The van der Waals surface area contributed by atoms with Gasteiger partial charge in [0.05, 0.1) is 11.2 Å². The third-order valence-electron chi connectivity index (χ3n) is 5.69. The fourth-order valence-electron chi connectivity index (χ4n) is 4.11. The Hall–Kier alpha value is -3.10. The zero-order valence-electron chi connectivity index (χ0n) is 17.2. The Morgan fingerprint density at radius 3 is 2.42 bits per heavy atom. The third kappa shape index (κ3) is 4.50. The number of halogens is 3. The predicted octanol–water partition coefficient (Wildman–Crippen LogP) is 5.01. The Bertz CT molecular complexity index is 1080. The van der Waals surface area contributed by atoms with E-state index in [0.29, 0.717) is 33.6 Å². The van der Waals surface area contributed by atoms with Crippen molar-refractivity contribution < 1.29 is 22.5 Å². The number of pyridine rings is 1. The maximum atomic E-state index is 13.3. The van der Waals surface area contributed by atoms with Gasteiger partial charge in [-0.05, 0) is 51.7 Å². The predicted molar refractivity (Wildman–Crippen MR) is 110 cm³/mol. The van der Waals surface area contributed by atoms with Crippen molar-refractivity contribution in [1.82, 2.24) is 15.5 Å². The Balaban J connectivity index is 1.43. The van der Waals surface area contributed by atoms with E-state index in [4.69, 9.17) is 4.52 Å². The number of fused-ring (bicyclic) bond motifs is 1. The molecule has 4 rings (SSSR count). The van der Waals surface area contributed by atoms with Crippen LogP contribution in [0, 0.1) is 13.8 Å². The second-order valence-electron chi connectivity index (χ2n) is 7.94. The van der Waals surface area contributed by atoms with E-state index in [-0.39, 0.29) is 18.0 Å². The van der Waals surface area contributed by atoms with Crippen LogP contribution < -0.4 is 10.6 Å². The number of aromatic nitrogens is 2. The van der Waals surface area contributed by atoms with E-state index in [0.717, 1.165) is 31.7 Å². The lowest BCUT2D eigenvalue weighted by Crippen LogP contribution is -2.40. The summed E-state index contributed by atoms with van der Waals surface area (Å²) in [6.07, 6.45) is -1.61. The normalized spacial score (nSPS) is 19.4. The second-order valence-corrected chi connectivity index (χ2v) is 7.94. The summed E-state index contributed by atoms with van der Waals surface area (Å²) in [6, 6.07) is 7.89. The molecule has 0 radical (unpaired) electrons. The topological polar surface area (TPSA) is 80.0 Å². The van der Waals surface area contributed by atoms with Gasteiger partial charge in [0.2, 0.25) is 0 Å². The first-order valence-electron chi connectivity index (χ1n) is 10.2. The molecule has 1 aliphatic carbocycles. The van der Waals surface area contributed by atoms with Gasteiger partial charge in [0.15, 0.2) is 0 Å². The van der Waals surface area contributed by atoms with Crippen LogP contribution in [0.5, 0.6) is 0 Å². The van der Waals surface area contributed by atoms with E-state index < -0.39 is 11.9 Å². The summed E-state index contributed by atoms with van der Waals surface area (Å²) in [4.78, 5) is 16.3. The lowest BCUT2D eigenvalue weighted by atomic mass is 9.90. The van der Waals surface area contributed by atoms with Crippen LogP contribution >= 0.6 is 0 Å². The summed E-state index contributed by atoms with van der Waals surface area (Å²) in [5.41, 5.74) is 0.842. The van der Waals surface area contributed by atoms with E-state index >= 15 is 0 Å². The highest BCUT2D eigenvalue weighted by molar-refractivity contribution is 5.96. The number of para-hydroxylation sites is 1. The molecule has 1 fully saturated rings. The van der Waals surface area contributed by atoms with E-state index in [1.54, 1.807) is 38.1 Å². The van der Waals surface area contributed by atoms with E-state index in [1.165, 1.54) is 0 Å². The number of alkyl halides is 3. The summed E-state index contributed by atoms with van der Waals surface area (Å²) in [5, 5.41) is 10.8. The molecule has 1 amide bonds. The molecular weight excluding hydrogens is 409 g/mol. The van der Waals surface area contributed by atoms with Crippen LogP contribution in [0.4, 0.5) is 18.9 Å². The van der Waals surface area contributed by atoms with Gasteiger partial charge in [-0.3, -0.25) is 4.79 Å². The van der Waals surface area contributed by atoms with Crippen LogP contribution in [0.1, 0.15) is 53.2 Å². The zero-order chi connectivity index (χ0) is 22.2. The number of rotatable bonds is 4. The summed E-state index contributed by atoms with van der Waals surface area (Å²) >= 11 is 0. The van der Waals surface area contributed by atoms with Crippen LogP contribution in [0.25, 0.3) is 10.9 Å². The number of hydrogen-bond donors (Lipinski definition) is 2. The number of carbonyl (C=O) groups excluding carboxylic acids is 1. The molecule has 9 heteroatoms. The molecule has 0 atom stereocenters. The van der Waals surface area contributed by atoms with Gasteiger partial charge in [-0.15, -0.1) is 0 Å². The molecule has 2 N–H and O–H groups in total. The minimum atomic E-state index is -4.51. The van der Waals surface area contributed by atoms with Crippen LogP contribution in [-0.4, -0.2) is 28.1 Å². The zero-order valence-corrected chi connectivity index (χ0v) is 17.2. The molecule has 1 aromatic carbocycles. The molecule has 0 saturated heterocycles. The molecule has 0 spiro atoms. The average molecular weight is 432 g/mol. The van der Waals surface area contributed by atoms with Crippen molar-refractivity contribution in [3.63, 3.8) is 0 Å². The Morgan fingerprint density at radius 1 is 1.10 bits per heavy atom. The number of carbonyl (C=O) groups is 1. The molecule has 0 bridgehead atoms. The molecule has 1 aliphatic rings. The monoisotopic (exact) mass is 432 g/mol. The first-order valence-corrected chi connectivity index (χ1v) is 10.2. The van der Waals surface area contributed by atoms with Crippen molar-refractivity contribution in [1.29, 1.82) is 0 Å². The van der Waals surface area contributed by atoms with E-state index in [1.807, 2.05) is 0 Å².